The monoisotopic (exact) mass is 221 g/mol. The number of hydrogen-bond donors (Lipinski definition) is 0. The lowest BCUT2D eigenvalue weighted by atomic mass is 9.82. The molecule has 0 nitrogen and oxygen atoms in total. The minimum absolute atomic E-state index is 0.890. The molecule has 0 bridgehead atoms. The summed E-state index contributed by atoms with van der Waals surface area (Å²) in [6.07, 6.45) is 3.07. The maximum absolute atomic E-state index is 4.01. The number of benzene rings is 2. The highest BCUT2D eigenvalue weighted by Gasteiger charge is 2.17. The van der Waals surface area contributed by atoms with Gasteiger partial charge in [0.1, 0.15) is 0 Å². The first-order valence-electron chi connectivity index (χ1n) is 6.26. The van der Waals surface area contributed by atoms with E-state index < -0.39 is 0 Å². The van der Waals surface area contributed by atoms with E-state index in [4.69, 9.17) is 0 Å². The third-order valence-electron chi connectivity index (χ3n) is 3.94. The fourth-order valence-electron chi connectivity index (χ4n) is 2.84. The molecule has 0 N–H and O–H groups in total. The predicted molar refractivity (Wildman–Crippen MR) is 72.3 cm³/mol. The van der Waals surface area contributed by atoms with Crippen molar-refractivity contribution >= 4 is 0 Å². The molecule has 0 saturated heterocycles. The fourth-order valence-corrected chi connectivity index (χ4v) is 2.84. The standard InChI is InChI=1S/C17H17/c1-3-13-8-9-16-10-14-6-4-5-7-15(14)11-17(16)12(13)2/h4-9H,1,3,10-11H2,2H3. The van der Waals surface area contributed by atoms with Gasteiger partial charge in [-0.25, -0.2) is 0 Å². The summed E-state index contributed by atoms with van der Waals surface area (Å²) in [4.78, 5) is 0. The second-order valence-corrected chi connectivity index (χ2v) is 4.86. The maximum Gasteiger partial charge on any atom is -0.00173 e. The Bertz CT molecular complexity index is 564. The summed E-state index contributed by atoms with van der Waals surface area (Å²) in [7, 11) is 0. The molecular formula is C17H17. The molecule has 85 valence electrons. The van der Waals surface area contributed by atoms with Gasteiger partial charge in [-0.3, -0.25) is 0 Å². The second kappa shape index (κ2) is 4.03. The van der Waals surface area contributed by atoms with E-state index in [1.807, 2.05) is 0 Å². The molecule has 0 saturated carbocycles. The van der Waals surface area contributed by atoms with Gasteiger partial charge in [-0.15, -0.1) is 0 Å². The number of hydrogen-bond acceptors (Lipinski definition) is 0. The number of fused-ring (bicyclic) bond motifs is 2. The van der Waals surface area contributed by atoms with Crippen LogP contribution in [0.15, 0.2) is 36.4 Å². The summed E-state index contributed by atoms with van der Waals surface area (Å²) < 4.78 is 0. The molecule has 0 spiro atoms. The summed E-state index contributed by atoms with van der Waals surface area (Å²) in [6.45, 7) is 6.25. The van der Waals surface area contributed by atoms with Gasteiger partial charge in [-0.2, -0.15) is 0 Å². The molecule has 3 rings (SSSR count). The second-order valence-electron chi connectivity index (χ2n) is 4.86. The molecule has 1 aliphatic carbocycles. The Morgan fingerprint density at radius 3 is 2.35 bits per heavy atom. The molecule has 0 fully saturated rings. The maximum atomic E-state index is 4.01. The van der Waals surface area contributed by atoms with Crippen LogP contribution in [0.25, 0.3) is 0 Å². The highest BCUT2D eigenvalue weighted by Crippen LogP contribution is 2.30. The van der Waals surface area contributed by atoms with Crippen LogP contribution in [0.1, 0.15) is 33.4 Å². The molecule has 0 unspecified atom stereocenters. The van der Waals surface area contributed by atoms with Gasteiger partial charge < -0.3 is 0 Å². The van der Waals surface area contributed by atoms with Crippen LogP contribution in [-0.2, 0) is 19.3 Å². The minimum atomic E-state index is 0.890. The summed E-state index contributed by atoms with van der Waals surface area (Å²) in [6, 6.07) is 13.3. The normalized spacial score (nSPS) is 13.1. The van der Waals surface area contributed by atoms with Crippen molar-refractivity contribution in [2.75, 3.05) is 0 Å². The zero-order valence-electron chi connectivity index (χ0n) is 10.3. The van der Waals surface area contributed by atoms with Crippen molar-refractivity contribution in [3.05, 3.63) is 76.7 Å². The third kappa shape index (κ3) is 1.68. The highest BCUT2D eigenvalue weighted by atomic mass is 14.2. The molecule has 17 heavy (non-hydrogen) atoms. The lowest BCUT2D eigenvalue weighted by Gasteiger charge is -2.22. The Morgan fingerprint density at radius 1 is 0.941 bits per heavy atom. The Morgan fingerprint density at radius 2 is 1.65 bits per heavy atom. The van der Waals surface area contributed by atoms with E-state index in [2.05, 4.69) is 50.2 Å². The molecule has 1 aliphatic rings. The first-order valence-corrected chi connectivity index (χ1v) is 6.26. The van der Waals surface area contributed by atoms with Gasteiger partial charge in [0.2, 0.25) is 0 Å². The molecule has 2 aromatic carbocycles. The van der Waals surface area contributed by atoms with Crippen LogP contribution in [0.3, 0.4) is 0 Å². The van der Waals surface area contributed by atoms with Crippen molar-refractivity contribution in [1.29, 1.82) is 0 Å². The molecule has 1 radical (unpaired) electrons. The Hall–Kier alpha value is -1.56. The van der Waals surface area contributed by atoms with Gasteiger partial charge in [0.25, 0.3) is 0 Å². The summed E-state index contributed by atoms with van der Waals surface area (Å²) >= 11 is 0. The average molecular weight is 221 g/mol. The van der Waals surface area contributed by atoms with Crippen LogP contribution in [0.5, 0.6) is 0 Å². The van der Waals surface area contributed by atoms with Crippen LogP contribution in [-0.4, -0.2) is 0 Å². The van der Waals surface area contributed by atoms with E-state index in [9.17, 15) is 0 Å². The van der Waals surface area contributed by atoms with Gasteiger partial charge in [0.15, 0.2) is 0 Å². The predicted octanol–water partition coefficient (Wildman–Crippen LogP) is 3.87. The molecule has 0 atom stereocenters. The van der Waals surface area contributed by atoms with E-state index in [1.54, 1.807) is 0 Å². The van der Waals surface area contributed by atoms with Crippen molar-refractivity contribution < 1.29 is 0 Å². The first kappa shape index (κ1) is 10.6. The average Bonchev–Trinajstić information content (AvgIpc) is 2.37. The summed E-state index contributed by atoms with van der Waals surface area (Å²) in [5.41, 5.74) is 8.85. The fraction of sp³-hybridized carbons (Fsp3) is 0.235. The van der Waals surface area contributed by atoms with Crippen LogP contribution in [0, 0.1) is 13.8 Å². The number of rotatable bonds is 1. The zero-order valence-corrected chi connectivity index (χ0v) is 10.3. The molecule has 0 aliphatic heterocycles. The van der Waals surface area contributed by atoms with Gasteiger partial charge in [0, 0.05) is 0 Å². The molecular weight excluding hydrogens is 204 g/mol. The summed E-state index contributed by atoms with van der Waals surface area (Å²) in [5.74, 6) is 0. The quantitative estimate of drug-likeness (QED) is 0.585. The van der Waals surface area contributed by atoms with Gasteiger partial charge in [0.05, 0.1) is 0 Å². The van der Waals surface area contributed by atoms with E-state index in [0.29, 0.717) is 0 Å². The van der Waals surface area contributed by atoms with Crippen molar-refractivity contribution in [3.8, 4) is 0 Å². The first-order chi connectivity index (χ1) is 8.29. The van der Waals surface area contributed by atoms with Crippen LogP contribution in [0.4, 0.5) is 0 Å². The molecule has 0 aromatic heterocycles. The van der Waals surface area contributed by atoms with E-state index in [1.165, 1.54) is 33.4 Å². The van der Waals surface area contributed by atoms with Crippen LogP contribution < -0.4 is 0 Å². The zero-order chi connectivity index (χ0) is 11.8. The van der Waals surface area contributed by atoms with E-state index >= 15 is 0 Å². The third-order valence-corrected chi connectivity index (χ3v) is 3.94. The Labute approximate surface area is 103 Å². The van der Waals surface area contributed by atoms with E-state index in [0.717, 1.165) is 19.3 Å². The highest BCUT2D eigenvalue weighted by molar-refractivity contribution is 5.50. The molecule has 0 heterocycles. The largest absolute Gasteiger partial charge is 0.0620 e. The lowest BCUT2D eigenvalue weighted by molar-refractivity contribution is 0.973. The summed E-state index contributed by atoms with van der Waals surface area (Å²) in [5, 5.41) is 0. The smallest absolute Gasteiger partial charge is 0.00173 e. The van der Waals surface area contributed by atoms with Gasteiger partial charge in [-0.05, 0) is 66.5 Å². The van der Waals surface area contributed by atoms with Crippen LogP contribution in [0.2, 0.25) is 0 Å². The Balaban J connectivity index is 2.12. The minimum Gasteiger partial charge on any atom is -0.0620 e. The van der Waals surface area contributed by atoms with Gasteiger partial charge >= 0.3 is 0 Å². The SMILES string of the molecule is [CH2]Cc1ccc2c(c1C)Cc1ccccc1C2. The van der Waals surface area contributed by atoms with Crippen molar-refractivity contribution in [2.45, 2.75) is 26.2 Å². The Kier molecular flexibility index (Phi) is 2.51. The molecule has 0 heteroatoms. The van der Waals surface area contributed by atoms with Crippen LogP contribution >= 0.6 is 0 Å². The topological polar surface area (TPSA) is 0 Å². The molecule has 2 aromatic rings. The molecule has 0 amide bonds. The van der Waals surface area contributed by atoms with Gasteiger partial charge in [-0.1, -0.05) is 36.4 Å². The van der Waals surface area contributed by atoms with Crippen molar-refractivity contribution in [3.63, 3.8) is 0 Å². The van der Waals surface area contributed by atoms with Crippen molar-refractivity contribution in [1.82, 2.24) is 0 Å². The van der Waals surface area contributed by atoms with Crippen molar-refractivity contribution in [2.24, 2.45) is 0 Å². The lowest BCUT2D eigenvalue weighted by Crippen LogP contribution is -2.10. The van der Waals surface area contributed by atoms with E-state index in [-0.39, 0.29) is 0 Å².